The second-order valence-corrected chi connectivity index (χ2v) is 6.31. The summed E-state index contributed by atoms with van der Waals surface area (Å²) in [5.41, 5.74) is 1.14. The van der Waals surface area contributed by atoms with Gasteiger partial charge in [0.25, 0.3) is 5.91 Å². The Labute approximate surface area is 145 Å². The number of likely N-dealkylation sites (N-methyl/N-ethyl adjacent to an activating group) is 1. The molecule has 0 bridgehead atoms. The van der Waals surface area contributed by atoms with Crippen molar-refractivity contribution in [3.05, 3.63) is 63.0 Å². The van der Waals surface area contributed by atoms with Crippen LogP contribution in [0, 0.1) is 10.1 Å². The summed E-state index contributed by atoms with van der Waals surface area (Å²) in [6.45, 7) is 6.37. The van der Waals surface area contributed by atoms with E-state index < -0.39 is 4.92 Å². The van der Waals surface area contributed by atoms with Gasteiger partial charge in [-0.25, -0.2) is 0 Å². The zero-order valence-electron chi connectivity index (χ0n) is 13.8. The van der Waals surface area contributed by atoms with Gasteiger partial charge < -0.3 is 5.32 Å². The number of carbonyl (C=O) groups excluding carboxylic acids is 1. The number of nitro groups is 1. The fourth-order valence-corrected chi connectivity index (χ4v) is 3.36. The van der Waals surface area contributed by atoms with E-state index in [1.54, 1.807) is 0 Å². The van der Waals surface area contributed by atoms with Gasteiger partial charge in [0.05, 0.1) is 15.8 Å². The second-order valence-electron chi connectivity index (χ2n) is 5.25. The quantitative estimate of drug-likeness (QED) is 0.586. The average molecular weight is 347 g/mol. The number of nitrogens with zero attached hydrogens (tertiary/aromatic N) is 2. The Morgan fingerprint density at radius 1 is 1.21 bits per heavy atom. The highest BCUT2D eigenvalue weighted by Crippen LogP contribution is 2.24. The highest BCUT2D eigenvalue weighted by atomic mass is 32.1. The molecule has 0 saturated carbocycles. The lowest BCUT2D eigenvalue weighted by Gasteiger charge is -2.30. The molecule has 0 fully saturated rings. The monoisotopic (exact) mass is 347 g/mol. The summed E-state index contributed by atoms with van der Waals surface area (Å²) in [6.07, 6.45) is 0. The van der Waals surface area contributed by atoms with Gasteiger partial charge in [0.2, 0.25) is 0 Å². The summed E-state index contributed by atoms with van der Waals surface area (Å²) in [4.78, 5) is 25.1. The number of carbonyl (C=O) groups is 1. The molecule has 1 amide bonds. The van der Waals surface area contributed by atoms with Crippen molar-refractivity contribution in [2.45, 2.75) is 19.9 Å². The van der Waals surface area contributed by atoms with Crippen molar-refractivity contribution >= 4 is 22.2 Å². The third kappa shape index (κ3) is 4.39. The molecule has 0 aliphatic carbocycles. The van der Waals surface area contributed by atoms with E-state index in [0.29, 0.717) is 11.4 Å². The molecule has 0 radical (unpaired) electrons. The first kappa shape index (κ1) is 18.1. The fraction of sp³-hybridized carbons (Fsp3) is 0.353. The fourth-order valence-electron chi connectivity index (χ4n) is 2.62. The standard InChI is InChI=1S/C17H21N3O3S/c1-3-19(4-2)14(13-8-6-5-7-9-13)12-18-17(21)15-10-11-16(24-15)20(22)23/h5-11,14H,3-4,12H2,1-2H3,(H,18,21). The van der Waals surface area contributed by atoms with Crippen LogP contribution >= 0.6 is 11.3 Å². The van der Waals surface area contributed by atoms with E-state index in [-0.39, 0.29) is 17.0 Å². The first-order chi connectivity index (χ1) is 11.6. The Morgan fingerprint density at radius 2 is 1.88 bits per heavy atom. The first-order valence-electron chi connectivity index (χ1n) is 7.88. The number of nitrogens with one attached hydrogen (secondary N) is 1. The molecule has 2 aromatic rings. The summed E-state index contributed by atoms with van der Waals surface area (Å²) in [5, 5.41) is 13.6. The van der Waals surface area contributed by atoms with Crippen molar-refractivity contribution in [3.8, 4) is 0 Å². The molecular weight excluding hydrogens is 326 g/mol. The van der Waals surface area contributed by atoms with Crippen molar-refractivity contribution in [1.29, 1.82) is 0 Å². The van der Waals surface area contributed by atoms with Crippen LogP contribution in [-0.4, -0.2) is 35.4 Å². The maximum atomic E-state index is 12.3. The number of hydrogen-bond donors (Lipinski definition) is 1. The van der Waals surface area contributed by atoms with E-state index in [4.69, 9.17) is 0 Å². The van der Waals surface area contributed by atoms with E-state index in [9.17, 15) is 14.9 Å². The molecule has 1 heterocycles. The highest BCUT2D eigenvalue weighted by molar-refractivity contribution is 7.17. The molecule has 0 saturated heterocycles. The van der Waals surface area contributed by atoms with E-state index in [2.05, 4.69) is 24.1 Å². The molecule has 1 unspecified atom stereocenters. The van der Waals surface area contributed by atoms with Crippen LogP contribution < -0.4 is 5.32 Å². The van der Waals surface area contributed by atoms with Gasteiger partial charge in [-0.3, -0.25) is 19.8 Å². The minimum atomic E-state index is -0.482. The van der Waals surface area contributed by atoms with Crippen LogP contribution in [0.4, 0.5) is 5.00 Å². The summed E-state index contributed by atoms with van der Waals surface area (Å²) in [5.74, 6) is -0.277. The van der Waals surface area contributed by atoms with Crippen LogP contribution in [0.5, 0.6) is 0 Å². The van der Waals surface area contributed by atoms with E-state index >= 15 is 0 Å². The average Bonchev–Trinajstić information content (AvgIpc) is 3.09. The van der Waals surface area contributed by atoms with Crippen LogP contribution in [0.3, 0.4) is 0 Å². The van der Waals surface area contributed by atoms with Gasteiger partial charge in [-0.05, 0) is 24.7 Å². The zero-order chi connectivity index (χ0) is 17.5. The summed E-state index contributed by atoms with van der Waals surface area (Å²) in [6, 6.07) is 12.9. The molecule has 0 aliphatic heterocycles. The molecule has 24 heavy (non-hydrogen) atoms. The molecule has 128 valence electrons. The zero-order valence-corrected chi connectivity index (χ0v) is 14.6. The molecule has 1 N–H and O–H groups in total. The Morgan fingerprint density at radius 3 is 2.42 bits per heavy atom. The van der Waals surface area contributed by atoms with Crippen LogP contribution in [-0.2, 0) is 0 Å². The maximum Gasteiger partial charge on any atom is 0.324 e. The van der Waals surface area contributed by atoms with Crippen molar-refractivity contribution in [1.82, 2.24) is 10.2 Å². The van der Waals surface area contributed by atoms with Crippen LogP contribution in [0.25, 0.3) is 0 Å². The number of rotatable bonds is 8. The van der Waals surface area contributed by atoms with Crippen molar-refractivity contribution in [2.24, 2.45) is 0 Å². The predicted molar refractivity (Wildman–Crippen MR) is 95.4 cm³/mol. The second kappa shape index (κ2) is 8.56. The molecule has 1 aromatic heterocycles. The summed E-state index contributed by atoms with van der Waals surface area (Å²) >= 11 is 0.892. The van der Waals surface area contributed by atoms with Crippen molar-refractivity contribution < 1.29 is 9.72 Å². The van der Waals surface area contributed by atoms with Crippen LogP contribution in [0.15, 0.2) is 42.5 Å². The van der Waals surface area contributed by atoms with Gasteiger partial charge >= 0.3 is 5.00 Å². The number of amides is 1. The number of hydrogen-bond acceptors (Lipinski definition) is 5. The first-order valence-corrected chi connectivity index (χ1v) is 8.69. The van der Waals surface area contributed by atoms with E-state index in [1.165, 1.54) is 12.1 Å². The minimum Gasteiger partial charge on any atom is -0.349 e. The third-order valence-corrected chi connectivity index (χ3v) is 4.92. The third-order valence-electron chi connectivity index (χ3n) is 3.89. The molecule has 0 spiro atoms. The van der Waals surface area contributed by atoms with Gasteiger partial charge in [0.15, 0.2) is 0 Å². The Kier molecular flexibility index (Phi) is 6.45. The lowest BCUT2D eigenvalue weighted by Crippen LogP contribution is -2.37. The summed E-state index contributed by atoms with van der Waals surface area (Å²) < 4.78 is 0. The van der Waals surface area contributed by atoms with Crippen LogP contribution in [0.2, 0.25) is 0 Å². The van der Waals surface area contributed by atoms with E-state index in [1.807, 2.05) is 30.3 Å². The molecule has 1 atom stereocenters. The van der Waals surface area contributed by atoms with Gasteiger partial charge in [-0.2, -0.15) is 0 Å². The molecule has 0 aliphatic rings. The molecule has 2 rings (SSSR count). The predicted octanol–water partition coefficient (Wildman–Crippen LogP) is 3.47. The topological polar surface area (TPSA) is 75.5 Å². The van der Waals surface area contributed by atoms with Gasteiger partial charge in [0.1, 0.15) is 0 Å². The Balaban J connectivity index is 2.09. The van der Waals surface area contributed by atoms with Gasteiger partial charge in [-0.15, -0.1) is 0 Å². The SMILES string of the molecule is CCN(CC)C(CNC(=O)c1ccc([N+](=O)[O-])s1)c1ccccc1. The lowest BCUT2D eigenvalue weighted by atomic mass is 10.1. The highest BCUT2D eigenvalue weighted by Gasteiger charge is 2.20. The Bertz CT molecular complexity index is 683. The largest absolute Gasteiger partial charge is 0.349 e. The molecule has 1 aromatic carbocycles. The normalized spacial score (nSPS) is 12.1. The van der Waals surface area contributed by atoms with Crippen molar-refractivity contribution in [3.63, 3.8) is 0 Å². The number of thiophene rings is 1. The number of benzene rings is 1. The van der Waals surface area contributed by atoms with Crippen molar-refractivity contribution in [2.75, 3.05) is 19.6 Å². The molecular formula is C17H21N3O3S. The Hall–Kier alpha value is -2.25. The molecule has 7 heteroatoms. The lowest BCUT2D eigenvalue weighted by molar-refractivity contribution is -0.380. The maximum absolute atomic E-state index is 12.3. The van der Waals surface area contributed by atoms with Gasteiger partial charge in [-0.1, -0.05) is 55.5 Å². The minimum absolute atomic E-state index is 0.0245. The van der Waals surface area contributed by atoms with Crippen LogP contribution in [0.1, 0.15) is 35.1 Å². The van der Waals surface area contributed by atoms with E-state index in [0.717, 1.165) is 30.0 Å². The smallest absolute Gasteiger partial charge is 0.324 e. The molecule has 6 nitrogen and oxygen atoms in total. The van der Waals surface area contributed by atoms with Gasteiger partial charge in [0, 0.05) is 12.6 Å². The summed E-state index contributed by atoms with van der Waals surface area (Å²) in [7, 11) is 0.